The number of carbonyl (C=O) groups excluding carboxylic acids is 2. The van der Waals surface area contributed by atoms with Crippen LogP contribution in [-0.4, -0.2) is 64.9 Å². The summed E-state index contributed by atoms with van der Waals surface area (Å²) in [5.41, 5.74) is 0. The fourth-order valence-corrected chi connectivity index (χ4v) is 4.48. The molecule has 1 amide bonds. The van der Waals surface area contributed by atoms with E-state index in [1.165, 1.54) is 25.7 Å². The van der Waals surface area contributed by atoms with E-state index in [4.69, 9.17) is 0 Å². The van der Waals surface area contributed by atoms with E-state index in [0.717, 1.165) is 51.4 Å². The van der Waals surface area contributed by atoms with Gasteiger partial charge in [-0.3, -0.25) is 18.6 Å². The Morgan fingerprint density at radius 1 is 0.767 bits per heavy atom. The van der Waals surface area contributed by atoms with Gasteiger partial charge in [0.1, 0.15) is 12.7 Å². The van der Waals surface area contributed by atoms with Crippen molar-refractivity contribution in [2.45, 2.75) is 122 Å². The number of phosphoric acid groups is 1. The molecule has 248 valence electrons. The predicted molar refractivity (Wildman–Crippen MR) is 166 cm³/mol. The zero-order valence-electron chi connectivity index (χ0n) is 26.0. The van der Waals surface area contributed by atoms with Gasteiger partial charge in [-0.15, -0.1) is 0 Å². The van der Waals surface area contributed by atoms with Crippen LogP contribution in [0.1, 0.15) is 110 Å². The average molecular weight is 632 g/mol. The number of aliphatic carboxylic acids is 1. The number of hydrogen-bond donors (Lipinski definition) is 4. The van der Waals surface area contributed by atoms with Crippen LogP contribution in [-0.2, 0) is 32.7 Å². The van der Waals surface area contributed by atoms with Crippen LogP contribution < -0.4 is 5.32 Å². The second-order valence-corrected chi connectivity index (χ2v) is 11.7. The molecule has 0 aromatic heterocycles. The van der Waals surface area contributed by atoms with Gasteiger partial charge in [0, 0.05) is 12.8 Å². The highest BCUT2D eigenvalue weighted by Gasteiger charge is 2.28. The summed E-state index contributed by atoms with van der Waals surface area (Å²) in [5, 5.41) is 21.2. The molecule has 0 spiro atoms. The van der Waals surface area contributed by atoms with Gasteiger partial charge in [0.25, 0.3) is 0 Å². The van der Waals surface area contributed by atoms with Crippen molar-refractivity contribution in [2.24, 2.45) is 0 Å². The molecule has 3 atom stereocenters. The third-order valence-electron chi connectivity index (χ3n) is 6.24. The molecule has 0 heterocycles. The number of carbonyl (C=O) groups is 3. The predicted octanol–water partition coefficient (Wildman–Crippen LogP) is 6.15. The Morgan fingerprint density at radius 2 is 1.30 bits per heavy atom. The quantitative estimate of drug-likeness (QED) is 0.0340. The minimum atomic E-state index is -4.72. The van der Waals surface area contributed by atoms with Crippen LogP contribution in [0.3, 0.4) is 0 Å². The van der Waals surface area contributed by atoms with E-state index in [-0.39, 0.29) is 12.8 Å². The van der Waals surface area contributed by atoms with Crippen LogP contribution in [0, 0.1) is 0 Å². The molecule has 0 rings (SSSR count). The number of carboxylic acids is 1. The molecule has 0 aromatic carbocycles. The van der Waals surface area contributed by atoms with Gasteiger partial charge in [0.05, 0.1) is 13.2 Å². The molecule has 11 nitrogen and oxygen atoms in total. The number of hydrogen-bond acceptors (Lipinski definition) is 8. The van der Waals surface area contributed by atoms with Gasteiger partial charge >= 0.3 is 19.8 Å². The van der Waals surface area contributed by atoms with Crippen molar-refractivity contribution < 1.29 is 47.8 Å². The van der Waals surface area contributed by atoms with Crippen LogP contribution >= 0.6 is 7.82 Å². The van der Waals surface area contributed by atoms with Gasteiger partial charge in [-0.2, -0.15) is 0 Å². The zero-order valence-corrected chi connectivity index (χ0v) is 26.9. The van der Waals surface area contributed by atoms with Crippen molar-refractivity contribution in [3.05, 3.63) is 36.5 Å². The molecule has 0 bridgehead atoms. The summed E-state index contributed by atoms with van der Waals surface area (Å²) in [6.45, 7) is 1.86. The third-order valence-corrected chi connectivity index (χ3v) is 7.19. The molecule has 0 radical (unpaired) electrons. The molecular formula is C31H54NO10P. The van der Waals surface area contributed by atoms with Crippen molar-refractivity contribution in [3.63, 3.8) is 0 Å². The Labute approximate surface area is 257 Å². The zero-order chi connectivity index (χ0) is 32.2. The second-order valence-electron chi connectivity index (χ2n) is 10.3. The summed E-state index contributed by atoms with van der Waals surface area (Å²) in [6, 6.07) is -1.55. The minimum Gasteiger partial charge on any atom is -0.480 e. The van der Waals surface area contributed by atoms with Crippen LogP contribution in [0.5, 0.6) is 0 Å². The molecule has 43 heavy (non-hydrogen) atoms. The highest BCUT2D eigenvalue weighted by atomic mass is 31.2. The molecule has 4 N–H and O–H groups in total. The molecule has 12 heteroatoms. The van der Waals surface area contributed by atoms with Gasteiger partial charge in [0.2, 0.25) is 5.91 Å². The molecular weight excluding hydrogens is 577 g/mol. The average Bonchev–Trinajstić information content (AvgIpc) is 2.97. The summed E-state index contributed by atoms with van der Waals surface area (Å²) in [6.07, 6.45) is 25.9. The van der Waals surface area contributed by atoms with Gasteiger partial charge in [-0.1, -0.05) is 88.8 Å². The van der Waals surface area contributed by atoms with E-state index in [1.54, 1.807) is 6.92 Å². The molecule has 0 saturated carbocycles. The Bertz CT molecular complexity index is 890. The number of ether oxygens (including phenoxy) is 1. The highest BCUT2D eigenvalue weighted by Crippen LogP contribution is 2.43. The smallest absolute Gasteiger partial charge is 0.472 e. The number of nitrogens with one attached hydrogen (secondary N) is 1. The van der Waals surface area contributed by atoms with Crippen molar-refractivity contribution in [3.8, 4) is 0 Å². The molecule has 3 unspecified atom stereocenters. The molecule has 0 saturated heterocycles. The van der Waals surface area contributed by atoms with E-state index in [9.17, 15) is 34.1 Å². The monoisotopic (exact) mass is 631 g/mol. The van der Waals surface area contributed by atoms with E-state index >= 15 is 0 Å². The number of aliphatic hydroxyl groups excluding tert-OH is 1. The maximum Gasteiger partial charge on any atom is 0.472 e. The number of esters is 1. The first-order valence-corrected chi connectivity index (χ1v) is 17.0. The Morgan fingerprint density at radius 3 is 1.88 bits per heavy atom. The molecule has 0 aromatic rings. The number of amides is 1. The number of phosphoric ester groups is 1. The largest absolute Gasteiger partial charge is 0.480 e. The number of allylic oxidation sites excluding steroid dienone is 6. The summed E-state index contributed by atoms with van der Waals surface area (Å²) in [4.78, 5) is 44.4. The SMILES string of the molecule is CCCCC/C=C\C/C=C\C/C=C\CCCCCCCCC(=O)NC(COP(=O)(O)OCC(O)COC(=O)CC)C(=O)O. The van der Waals surface area contributed by atoms with E-state index in [2.05, 4.69) is 62.5 Å². The lowest BCUT2D eigenvalue weighted by molar-refractivity contribution is -0.146. The first kappa shape index (κ1) is 40.7. The minimum absolute atomic E-state index is 0.103. The normalized spacial score (nSPS) is 14.7. The maximum absolute atomic E-state index is 12.1. The van der Waals surface area contributed by atoms with Crippen LogP contribution in [0.25, 0.3) is 0 Å². The van der Waals surface area contributed by atoms with E-state index in [1.807, 2.05) is 0 Å². The lowest BCUT2D eigenvalue weighted by atomic mass is 10.1. The lowest BCUT2D eigenvalue weighted by Crippen LogP contribution is -2.43. The van der Waals surface area contributed by atoms with E-state index < -0.39 is 57.6 Å². The fourth-order valence-electron chi connectivity index (χ4n) is 3.71. The van der Waals surface area contributed by atoms with Gasteiger partial charge in [0.15, 0.2) is 6.04 Å². The lowest BCUT2D eigenvalue weighted by Gasteiger charge is -2.18. The van der Waals surface area contributed by atoms with Crippen LogP contribution in [0.4, 0.5) is 0 Å². The highest BCUT2D eigenvalue weighted by molar-refractivity contribution is 7.47. The molecule has 0 aliphatic carbocycles. The van der Waals surface area contributed by atoms with Gasteiger partial charge < -0.3 is 25.2 Å². The van der Waals surface area contributed by atoms with Gasteiger partial charge in [-0.05, 0) is 44.9 Å². The first-order chi connectivity index (χ1) is 20.6. The van der Waals surface area contributed by atoms with Crippen molar-refractivity contribution in [1.82, 2.24) is 5.32 Å². The summed E-state index contributed by atoms with van der Waals surface area (Å²) in [7, 11) is -4.72. The number of aliphatic hydroxyl groups is 1. The number of rotatable bonds is 28. The third kappa shape index (κ3) is 27.0. The van der Waals surface area contributed by atoms with Crippen LogP contribution in [0.15, 0.2) is 36.5 Å². The Kier molecular flexibility index (Phi) is 25.8. The number of carboxylic acid groups (broad SMARTS) is 1. The van der Waals surface area contributed by atoms with Crippen molar-refractivity contribution >= 4 is 25.7 Å². The molecule has 0 aliphatic rings. The molecule has 0 aliphatic heterocycles. The first-order valence-electron chi connectivity index (χ1n) is 15.5. The Balaban J connectivity index is 3.94. The van der Waals surface area contributed by atoms with Crippen molar-refractivity contribution in [1.29, 1.82) is 0 Å². The molecule has 0 fully saturated rings. The van der Waals surface area contributed by atoms with E-state index in [0.29, 0.717) is 6.42 Å². The second kappa shape index (κ2) is 27.3. The Hall–Kier alpha value is -2.30. The van der Waals surface area contributed by atoms with Crippen LogP contribution in [0.2, 0.25) is 0 Å². The maximum atomic E-state index is 12.1. The fraction of sp³-hybridized carbons (Fsp3) is 0.710. The standard InChI is InChI=1S/C31H54NO10P/c1-3-5-6-7-8-9-10-11-12-13-14-15-16-17-18-19-20-21-22-23-29(34)32-28(31(36)37)26-42-43(38,39)41-25-27(33)24-40-30(35)4-2/h8-9,11-12,14-15,27-28,33H,3-7,10,13,16-26H2,1-2H3,(H,32,34)(H,36,37)(H,38,39)/b9-8-,12-11-,15-14-. The van der Waals surface area contributed by atoms with Gasteiger partial charge in [-0.25, -0.2) is 9.36 Å². The summed E-state index contributed by atoms with van der Waals surface area (Å²) < 4.78 is 25.9. The topological polar surface area (TPSA) is 169 Å². The van der Waals surface area contributed by atoms with Crippen molar-refractivity contribution in [2.75, 3.05) is 19.8 Å². The number of unbranched alkanes of at least 4 members (excludes halogenated alkanes) is 9. The summed E-state index contributed by atoms with van der Waals surface area (Å²) >= 11 is 0. The summed E-state index contributed by atoms with van der Waals surface area (Å²) in [5.74, 6) is -2.49.